The second-order valence-electron chi connectivity index (χ2n) is 4.08. The van der Waals surface area contributed by atoms with E-state index in [1.165, 1.54) is 18.2 Å². The Kier molecular flexibility index (Phi) is 3.51. The molecule has 88 valence electrons. The molecule has 1 saturated heterocycles. The number of halogens is 2. The lowest BCUT2D eigenvalue weighted by atomic mass is 10.0. The van der Waals surface area contributed by atoms with E-state index in [1.54, 1.807) is 0 Å². The first kappa shape index (κ1) is 11.5. The van der Waals surface area contributed by atoms with Crippen molar-refractivity contribution >= 4 is 0 Å². The molecule has 1 aromatic carbocycles. The van der Waals surface area contributed by atoms with Gasteiger partial charge in [0.2, 0.25) is 0 Å². The Labute approximate surface area is 93.5 Å². The molecule has 1 atom stereocenters. The van der Waals surface area contributed by atoms with Gasteiger partial charge in [-0.25, -0.2) is 8.78 Å². The molecule has 0 aliphatic carbocycles. The van der Waals surface area contributed by atoms with Crippen LogP contribution in [-0.4, -0.2) is 29.7 Å². The van der Waals surface area contributed by atoms with Crippen LogP contribution < -0.4 is 0 Å². The minimum atomic E-state index is -0.578. The highest BCUT2D eigenvalue weighted by atomic mass is 19.1. The van der Waals surface area contributed by atoms with Crippen LogP contribution in [-0.2, 0) is 0 Å². The van der Waals surface area contributed by atoms with Gasteiger partial charge in [-0.15, -0.1) is 0 Å². The van der Waals surface area contributed by atoms with Crippen molar-refractivity contribution < 1.29 is 13.9 Å². The number of aliphatic hydroxyl groups excluding tert-OH is 1. The van der Waals surface area contributed by atoms with Crippen molar-refractivity contribution in [3.05, 3.63) is 35.4 Å². The monoisotopic (exact) mass is 227 g/mol. The molecular weight excluding hydrogens is 212 g/mol. The summed E-state index contributed by atoms with van der Waals surface area (Å²) in [7, 11) is 0. The average Bonchev–Trinajstić information content (AvgIpc) is 2.77. The molecule has 0 radical (unpaired) electrons. The van der Waals surface area contributed by atoms with Gasteiger partial charge in [0.15, 0.2) is 0 Å². The molecular formula is C12H15F2NO. The zero-order valence-corrected chi connectivity index (χ0v) is 9.00. The van der Waals surface area contributed by atoms with E-state index in [9.17, 15) is 13.9 Å². The van der Waals surface area contributed by atoms with Crippen LogP contribution in [0.25, 0.3) is 0 Å². The summed E-state index contributed by atoms with van der Waals surface area (Å²) in [6, 6.07) is 3.25. The Morgan fingerprint density at radius 1 is 1.19 bits per heavy atom. The summed E-state index contributed by atoms with van der Waals surface area (Å²) in [4.78, 5) is 1.93. The molecule has 1 aliphatic heterocycles. The second-order valence-corrected chi connectivity index (χ2v) is 4.08. The third kappa shape index (κ3) is 2.08. The molecule has 0 unspecified atom stereocenters. The molecule has 2 rings (SSSR count). The van der Waals surface area contributed by atoms with Gasteiger partial charge in [0, 0.05) is 5.56 Å². The molecule has 16 heavy (non-hydrogen) atoms. The first-order valence-electron chi connectivity index (χ1n) is 5.53. The van der Waals surface area contributed by atoms with Crippen molar-refractivity contribution in [1.29, 1.82) is 0 Å². The summed E-state index contributed by atoms with van der Waals surface area (Å²) in [5.41, 5.74) is -0.00750. The van der Waals surface area contributed by atoms with Crippen LogP contribution in [0.2, 0.25) is 0 Å². The van der Waals surface area contributed by atoms with Crippen molar-refractivity contribution in [3.63, 3.8) is 0 Å². The smallest absolute Gasteiger partial charge is 0.131 e. The van der Waals surface area contributed by atoms with Crippen molar-refractivity contribution in [2.45, 2.75) is 18.9 Å². The summed E-state index contributed by atoms with van der Waals surface area (Å²) < 4.78 is 27.1. The van der Waals surface area contributed by atoms with Gasteiger partial charge in [0.1, 0.15) is 11.6 Å². The van der Waals surface area contributed by atoms with Crippen molar-refractivity contribution in [1.82, 2.24) is 4.90 Å². The summed E-state index contributed by atoms with van der Waals surface area (Å²) >= 11 is 0. The van der Waals surface area contributed by atoms with Crippen molar-refractivity contribution in [2.24, 2.45) is 0 Å². The van der Waals surface area contributed by atoms with E-state index < -0.39 is 17.7 Å². The molecule has 1 aromatic rings. The SMILES string of the molecule is OC[C@H](c1c(F)cccc1F)N1CCCC1. The Morgan fingerprint density at radius 3 is 2.25 bits per heavy atom. The molecule has 1 heterocycles. The van der Waals surface area contributed by atoms with E-state index in [1.807, 2.05) is 4.90 Å². The fourth-order valence-corrected chi connectivity index (χ4v) is 2.27. The standard InChI is InChI=1S/C12H15F2NO/c13-9-4-3-5-10(14)12(9)11(8-16)15-6-1-2-7-15/h3-5,11,16H,1-2,6-8H2/t11-/m1/s1. The van der Waals surface area contributed by atoms with E-state index in [0.717, 1.165) is 25.9 Å². The fourth-order valence-electron chi connectivity index (χ4n) is 2.27. The Bertz CT molecular complexity index is 344. The predicted octanol–water partition coefficient (Wildman–Crippen LogP) is 2.09. The number of rotatable bonds is 3. The highest BCUT2D eigenvalue weighted by molar-refractivity contribution is 5.23. The van der Waals surface area contributed by atoms with E-state index >= 15 is 0 Å². The number of benzene rings is 1. The van der Waals surface area contributed by atoms with Crippen LogP contribution in [0.5, 0.6) is 0 Å². The third-order valence-electron chi connectivity index (χ3n) is 3.09. The summed E-state index contributed by atoms with van der Waals surface area (Å²) in [6.07, 6.45) is 2.04. The Morgan fingerprint density at radius 2 is 1.75 bits per heavy atom. The highest BCUT2D eigenvalue weighted by Crippen LogP contribution is 2.28. The number of hydrogen-bond donors (Lipinski definition) is 1. The molecule has 0 aromatic heterocycles. The number of aliphatic hydroxyl groups is 1. The molecule has 2 nitrogen and oxygen atoms in total. The third-order valence-corrected chi connectivity index (χ3v) is 3.09. The normalized spacial score (nSPS) is 18.9. The van der Waals surface area contributed by atoms with Crippen LogP contribution in [0.4, 0.5) is 8.78 Å². The van der Waals surface area contributed by atoms with Gasteiger partial charge in [-0.3, -0.25) is 4.90 Å². The molecule has 0 bridgehead atoms. The Hall–Kier alpha value is -1.00. The van der Waals surface area contributed by atoms with Crippen LogP contribution in [0, 0.1) is 11.6 Å². The van der Waals surface area contributed by atoms with E-state index in [-0.39, 0.29) is 12.2 Å². The zero-order valence-electron chi connectivity index (χ0n) is 9.00. The van der Waals surface area contributed by atoms with Crippen LogP contribution >= 0.6 is 0 Å². The van der Waals surface area contributed by atoms with Gasteiger partial charge in [-0.1, -0.05) is 6.07 Å². The maximum Gasteiger partial charge on any atom is 0.131 e. The molecule has 1 N–H and O–H groups in total. The quantitative estimate of drug-likeness (QED) is 0.854. The van der Waals surface area contributed by atoms with Crippen LogP contribution in [0.1, 0.15) is 24.4 Å². The first-order chi connectivity index (χ1) is 7.74. The van der Waals surface area contributed by atoms with Gasteiger partial charge in [-0.05, 0) is 38.1 Å². The van der Waals surface area contributed by atoms with E-state index in [4.69, 9.17) is 0 Å². The fraction of sp³-hybridized carbons (Fsp3) is 0.500. The lowest BCUT2D eigenvalue weighted by Crippen LogP contribution is -2.29. The summed E-state index contributed by atoms with van der Waals surface area (Å²) in [5.74, 6) is -1.16. The maximum atomic E-state index is 13.6. The highest BCUT2D eigenvalue weighted by Gasteiger charge is 2.27. The van der Waals surface area contributed by atoms with Crippen LogP contribution in [0.3, 0.4) is 0 Å². The van der Waals surface area contributed by atoms with Gasteiger partial charge in [0.05, 0.1) is 12.6 Å². The summed E-state index contributed by atoms with van der Waals surface area (Å²) in [5, 5.41) is 9.31. The van der Waals surface area contributed by atoms with Gasteiger partial charge < -0.3 is 5.11 Å². The maximum absolute atomic E-state index is 13.6. The van der Waals surface area contributed by atoms with Gasteiger partial charge in [-0.2, -0.15) is 0 Å². The average molecular weight is 227 g/mol. The molecule has 1 aliphatic rings. The van der Waals surface area contributed by atoms with Crippen molar-refractivity contribution in [3.8, 4) is 0 Å². The van der Waals surface area contributed by atoms with Crippen LogP contribution in [0.15, 0.2) is 18.2 Å². The number of hydrogen-bond acceptors (Lipinski definition) is 2. The first-order valence-corrected chi connectivity index (χ1v) is 5.53. The summed E-state index contributed by atoms with van der Waals surface area (Å²) in [6.45, 7) is 1.33. The molecule has 1 fully saturated rings. The minimum absolute atomic E-state index is 0.00750. The second kappa shape index (κ2) is 4.89. The topological polar surface area (TPSA) is 23.5 Å². The predicted molar refractivity (Wildman–Crippen MR) is 57.0 cm³/mol. The minimum Gasteiger partial charge on any atom is -0.394 e. The molecule has 0 amide bonds. The lowest BCUT2D eigenvalue weighted by Gasteiger charge is -2.26. The molecule has 4 heteroatoms. The van der Waals surface area contributed by atoms with E-state index in [0.29, 0.717) is 0 Å². The lowest BCUT2D eigenvalue weighted by molar-refractivity contribution is 0.140. The molecule has 0 spiro atoms. The molecule has 0 saturated carbocycles. The zero-order chi connectivity index (χ0) is 11.5. The Balaban J connectivity index is 2.32. The largest absolute Gasteiger partial charge is 0.394 e. The number of nitrogens with zero attached hydrogens (tertiary/aromatic N) is 1. The number of likely N-dealkylation sites (tertiary alicyclic amines) is 1. The van der Waals surface area contributed by atoms with Gasteiger partial charge in [0.25, 0.3) is 0 Å². The van der Waals surface area contributed by atoms with E-state index in [2.05, 4.69) is 0 Å². The van der Waals surface area contributed by atoms with Gasteiger partial charge >= 0.3 is 0 Å². The van der Waals surface area contributed by atoms with Crippen molar-refractivity contribution in [2.75, 3.05) is 19.7 Å².